The van der Waals surface area contributed by atoms with E-state index in [0.29, 0.717) is 21.2 Å². The predicted molar refractivity (Wildman–Crippen MR) is 104 cm³/mol. The van der Waals surface area contributed by atoms with Crippen molar-refractivity contribution in [1.82, 2.24) is 4.98 Å². The molecule has 1 N–H and O–H groups in total. The predicted octanol–water partition coefficient (Wildman–Crippen LogP) is 4.58. The molecule has 3 heterocycles. The minimum absolute atomic E-state index is 0.0374. The first kappa shape index (κ1) is 17.5. The Balaban J connectivity index is 1.89. The maximum absolute atomic E-state index is 13.1. The van der Waals surface area contributed by atoms with Crippen LogP contribution < -0.4 is 4.90 Å². The second-order valence-corrected chi connectivity index (χ2v) is 7.30. The number of halogens is 1. The van der Waals surface area contributed by atoms with E-state index in [1.807, 2.05) is 0 Å². The number of thiophene rings is 1. The Labute approximate surface area is 164 Å². The lowest BCUT2D eigenvalue weighted by atomic mass is 9.96. The van der Waals surface area contributed by atoms with Crippen LogP contribution in [0.25, 0.3) is 0 Å². The van der Waals surface area contributed by atoms with Gasteiger partial charge < -0.3 is 5.11 Å². The summed E-state index contributed by atoms with van der Waals surface area (Å²) >= 11 is 7.35. The van der Waals surface area contributed by atoms with Crippen molar-refractivity contribution in [2.45, 2.75) is 6.04 Å². The number of benzene rings is 1. The van der Waals surface area contributed by atoms with Gasteiger partial charge in [-0.2, -0.15) is 0 Å². The highest BCUT2D eigenvalue weighted by Gasteiger charge is 2.44. The molecule has 1 unspecified atom stereocenters. The van der Waals surface area contributed by atoms with Gasteiger partial charge in [0.15, 0.2) is 5.76 Å². The maximum Gasteiger partial charge on any atom is 0.294 e. The van der Waals surface area contributed by atoms with Crippen LogP contribution in [0.15, 0.2) is 77.6 Å². The van der Waals surface area contributed by atoms with Gasteiger partial charge in [-0.15, -0.1) is 11.3 Å². The molecule has 0 bridgehead atoms. The highest BCUT2D eigenvalue weighted by atomic mass is 35.5. The van der Waals surface area contributed by atoms with E-state index in [2.05, 4.69) is 4.98 Å². The number of hydrogen-bond donors (Lipinski definition) is 1. The van der Waals surface area contributed by atoms with Gasteiger partial charge in [0.25, 0.3) is 5.91 Å². The number of amides is 1. The molecule has 27 heavy (non-hydrogen) atoms. The van der Waals surface area contributed by atoms with E-state index in [-0.39, 0.29) is 11.4 Å². The van der Waals surface area contributed by atoms with Gasteiger partial charge in [-0.05, 0) is 41.3 Å². The summed E-state index contributed by atoms with van der Waals surface area (Å²) in [7, 11) is 0. The van der Waals surface area contributed by atoms with E-state index in [4.69, 9.17) is 11.6 Å². The Morgan fingerprint density at radius 2 is 2.04 bits per heavy atom. The third kappa shape index (κ3) is 3.03. The highest BCUT2D eigenvalue weighted by Crippen LogP contribution is 2.42. The summed E-state index contributed by atoms with van der Waals surface area (Å²) in [4.78, 5) is 31.9. The zero-order valence-electron chi connectivity index (χ0n) is 13.9. The molecule has 0 radical (unpaired) electrons. The van der Waals surface area contributed by atoms with Gasteiger partial charge >= 0.3 is 0 Å². The number of nitrogens with zero attached hydrogens (tertiary/aromatic N) is 2. The fourth-order valence-electron chi connectivity index (χ4n) is 3.12. The number of carbonyl (C=O) groups is 2. The Kier molecular flexibility index (Phi) is 4.51. The largest absolute Gasteiger partial charge is 0.503 e. The summed E-state index contributed by atoms with van der Waals surface area (Å²) in [5, 5.41) is 12.8. The molecule has 1 aliphatic rings. The summed E-state index contributed by atoms with van der Waals surface area (Å²) < 4.78 is 0. The lowest BCUT2D eigenvalue weighted by molar-refractivity contribution is -0.117. The van der Waals surface area contributed by atoms with E-state index in [9.17, 15) is 14.7 Å². The van der Waals surface area contributed by atoms with Crippen molar-refractivity contribution in [3.63, 3.8) is 0 Å². The first-order valence-electron chi connectivity index (χ1n) is 8.08. The second-order valence-electron chi connectivity index (χ2n) is 5.91. The summed E-state index contributed by atoms with van der Waals surface area (Å²) in [5.74, 6) is -1.58. The molecule has 1 atom stereocenters. The number of rotatable bonds is 4. The van der Waals surface area contributed by atoms with Crippen molar-refractivity contribution >= 4 is 40.3 Å². The fourth-order valence-corrected chi connectivity index (χ4v) is 3.99. The van der Waals surface area contributed by atoms with Crippen molar-refractivity contribution in [3.8, 4) is 0 Å². The van der Waals surface area contributed by atoms with E-state index in [1.165, 1.54) is 16.2 Å². The van der Waals surface area contributed by atoms with Crippen molar-refractivity contribution in [2.24, 2.45) is 0 Å². The third-order valence-electron chi connectivity index (χ3n) is 4.28. The number of Topliss-reactive ketones (excluding diaryl/α,β-unsaturated/α-hetero) is 1. The van der Waals surface area contributed by atoms with Crippen LogP contribution in [-0.4, -0.2) is 21.8 Å². The number of carbonyl (C=O) groups excluding carboxylic acids is 2. The fraction of sp³-hybridized carbons (Fsp3) is 0.0500. The number of hydrogen-bond acceptors (Lipinski definition) is 5. The van der Waals surface area contributed by atoms with Gasteiger partial charge in [-0.1, -0.05) is 29.8 Å². The molecule has 1 aromatic carbocycles. The summed E-state index contributed by atoms with van der Waals surface area (Å²) in [6.45, 7) is 0. The number of aliphatic hydroxyl groups excluding tert-OH is 1. The number of ketones is 1. The molecular formula is C20H13ClN2O3S. The standard InChI is InChI=1S/C20H13ClN2O3S/c21-13-5-1-6-14(10-13)23-17(12-4-2-8-22-11-12)16(19(25)20(23)26)18(24)15-7-3-9-27-15/h1-11,17,25H. The Hall–Kier alpha value is -2.96. The van der Waals surface area contributed by atoms with Gasteiger partial charge in [0.2, 0.25) is 5.78 Å². The topological polar surface area (TPSA) is 70.5 Å². The number of pyridine rings is 1. The van der Waals surface area contributed by atoms with Crippen LogP contribution in [0, 0.1) is 0 Å². The molecule has 5 nitrogen and oxygen atoms in total. The minimum Gasteiger partial charge on any atom is -0.503 e. The smallest absolute Gasteiger partial charge is 0.294 e. The molecule has 1 amide bonds. The van der Waals surface area contributed by atoms with Crippen LogP contribution in [0.2, 0.25) is 5.02 Å². The van der Waals surface area contributed by atoms with Crippen LogP contribution in [0.1, 0.15) is 21.3 Å². The number of aromatic nitrogens is 1. The Morgan fingerprint density at radius 3 is 2.70 bits per heavy atom. The lowest BCUT2D eigenvalue weighted by Gasteiger charge is -2.26. The zero-order valence-corrected chi connectivity index (χ0v) is 15.4. The van der Waals surface area contributed by atoms with Gasteiger partial charge in [-0.3, -0.25) is 19.5 Å². The molecule has 0 spiro atoms. The lowest BCUT2D eigenvalue weighted by Crippen LogP contribution is -2.31. The highest BCUT2D eigenvalue weighted by molar-refractivity contribution is 7.12. The zero-order chi connectivity index (χ0) is 19.0. The van der Waals surface area contributed by atoms with E-state index < -0.39 is 17.7 Å². The molecule has 0 fully saturated rings. The maximum atomic E-state index is 13.1. The summed E-state index contributed by atoms with van der Waals surface area (Å²) in [6, 6.07) is 12.8. The molecule has 134 valence electrons. The molecular weight excluding hydrogens is 384 g/mol. The van der Waals surface area contributed by atoms with E-state index in [0.717, 1.165) is 0 Å². The number of anilines is 1. The van der Waals surface area contributed by atoms with Gasteiger partial charge in [0, 0.05) is 23.1 Å². The van der Waals surface area contributed by atoms with Crippen molar-refractivity contribution in [1.29, 1.82) is 0 Å². The molecule has 0 saturated heterocycles. The normalized spacial score (nSPS) is 16.9. The van der Waals surface area contributed by atoms with Crippen LogP contribution in [-0.2, 0) is 4.79 Å². The van der Waals surface area contributed by atoms with Crippen LogP contribution in [0.4, 0.5) is 5.69 Å². The van der Waals surface area contributed by atoms with Crippen molar-refractivity contribution in [2.75, 3.05) is 4.90 Å². The second kappa shape index (κ2) is 6.98. The van der Waals surface area contributed by atoms with Crippen molar-refractivity contribution < 1.29 is 14.7 Å². The quantitative estimate of drug-likeness (QED) is 0.655. The Bertz CT molecular complexity index is 1050. The molecule has 1 aliphatic heterocycles. The third-order valence-corrected chi connectivity index (χ3v) is 5.39. The first-order valence-corrected chi connectivity index (χ1v) is 9.34. The van der Waals surface area contributed by atoms with Crippen LogP contribution in [0.5, 0.6) is 0 Å². The van der Waals surface area contributed by atoms with Gasteiger partial charge in [0.1, 0.15) is 0 Å². The molecule has 0 saturated carbocycles. The molecule has 4 rings (SSSR count). The SMILES string of the molecule is O=C(C1=C(O)C(=O)N(c2cccc(Cl)c2)C1c1cccnc1)c1cccs1. The molecule has 7 heteroatoms. The minimum atomic E-state index is -0.792. The van der Waals surface area contributed by atoms with E-state index >= 15 is 0 Å². The van der Waals surface area contributed by atoms with Crippen LogP contribution in [0.3, 0.4) is 0 Å². The molecule has 2 aromatic heterocycles. The summed E-state index contributed by atoms with van der Waals surface area (Å²) in [5.41, 5.74) is 1.15. The van der Waals surface area contributed by atoms with E-state index in [1.54, 1.807) is 66.3 Å². The summed E-state index contributed by atoms with van der Waals surface area (Å²) in [6.07, 6.45) is 3.18. The van der Waals surface area contributed by atoms with Crippen molar-refractivity contribution in [3.05, 3.63) is 93.1 Å². The monoisotopic (exact) mass is 396 g/mol. The average molecular weight is 397 g/mol. The van der Waals surface area contributed by atoms with Crippen LogP contribution >= 0.6 is 22.9 Å². The van der Waals surface area contributed by atoms with Gasteiger partial charge in [0.05, 0.1) is 16.5 Å². The first-order chi connectivity index (χ1) is 13.1. The average Bonchev–Trinajstić information content (AvgIpc) is 3.30. The number of aliphatic hydroxyl groups is 1. The molecule has 0 aliphatic carbocycles. The Morgan fingerprint density at radius 1 is 1.19 bits per heavy atom. The molecule has 3 aromatic rings. The van der Waals surface area contributed by atoms with Gasteiger partial charge in [-0.25, -0.2) is 0 Å².